The normalized spacial score (nSPS) is 19.2. The monoisotopic (exact) mass is 254 g/mol. The molecule has 17 heavy (non-hydrogen) atoms. The summed E-state index contributed by atoms with van der Waals surface area (Å²) in [6.45, 7) is 3.24. The van der Waals surface area contributed by atoms with Crippen molar-refractivity contribution < 1.29 is 9.66 Å². The van der Waals surface area contributed by atoms with Crippen LogP contribution in [0.2, 0.25) is 0 Å². The number of ether oxygens (including phenoxy) is 1. The molecule has 0 spiro atoms. The van der Waals surface area contributed by atoms with E-state index in [1.54, 1.807) is 17.8 Å². The summed E-state index contributed by atoms with van der Waals surface area (Å²) < 4.78 is 5.51. The third-order valence-corrected chi connectivity index (χ3v) is 3.64. The number of benzene rings is 1. The van der Waals surface area contributed by atoms with Gasteiger partial charge in [-0.25, -0.2) is 0 Å². The van der Waals surface area contributed by atoms with E-state index < -0.39 is 4.92 Å². The van der Waals surface area contributed by atoms with Crippen LogP contribution < -0.4 is 10.1 Å². The molecule has 1 N–H and O–H groups in total. The first-order valence-electron chi connectivity index (χ1n) is 5.39. The average molecular weight is 254 g/mol. The maximum absolute atomic E-state index is 10.9. The predicted molar refractivity (Wildman–Crippen MR) is 67.6 cm³/mol. The first kappa shape index (κ1) is 12.2. The van der Waals surface area contributed by atoms with Crippen LogP contribution in [0, 0.1) is 17.0 Å². The van der Waals surface area contributed by atoms with Crippen molar-refractivity contribution in [2.45, 2.75) is 12.3 Å². The van der Waals surface area contributed by atoms with Gasteiger partial charge in [0.1, 0.15) is 6.61 Å². The minimum absolute atomic E-state index is 0.0352. The van der Waals surface area contributed by atoms with E-state index >= 15 is 0 Å². The molecule has 1 aromatic carbocycles. The van der Waals surface area contributed by atoms with E-state index in [1.165, 1.54) is 6.07 Å². The first-order chi connectivity index (χ1) is 8.16. The lowest BCUT2D eigenvalue weighted by Crippen LogP contribution is -2.26. The van der Waals surface area contributed by atoms with E-state index in [9.17, 15) is 10.1 Å². The van der Waals surface area contributed by atoms with E-state index in [0.29, 0.717) is 12.4 Å². The molecule has 5 nitrogen and oxygen atoms in total. The molecule has 1 aliphatic rings. The summed E-state index contributed by atoms with van der Waals surface area (Å²) in [5.41, 5.74) is 0.894. The molecule has 1 aliphatic heterocycles. The number of nitrogens with zero attached hydrogens (tertiary/aromatic N) is 1. The number of rotatable bonds is 4. The second-order valence-electron chi connectivity index (χ2n) is 3.85. The molecule has 0 unspecified atom stereocenters. The molecule has 0 bridgehead atoms. The van der Waals surface area contributed by atoms with Gasteiger partial charge in [0.15, 0.2) is 5.75 Å². The Morgan fingerprint density at radius 1 is 1.65 bits per heavy atom. The number of aryl methyl sites for hydroxylation is 1. The summed E-state index contributed by atoms with van der Waals surface area (Å²) in [6, 6.07) is 5.01. The molecule has 1 saturated heterocycles. The van der Waals surface area contributed by atoms with Gasteiger partial charge >= 0.3 is 5.69 Å². The fourth-order valence-corrected chi connectivity index (χ4v) is 2.56. The van der Waals surface area contributed by atoms with Crippen LogP contribution in [0.5, 0.6) is 5.75 Å². The molecule has 1 atom stereocenters. The lowest BCUT2D eigenvalue weighted by molar-refractivity contribution is -0.385. The lowest BCUT2D eigenvalue weighted by Gasteiger charge is -2.11. The Hall–Kier alpha value is -1.27. The van der Waals surface area contributed by atoms with Crippen LogP contribution >= 0.6 is 11.8 Å². The maximum atomic E-state index is 10.9. The average Bonchev–Trinajstić information content (AvgIpc) is 2.80. The Balaban J connectivity index is 2.06. The van der Waals surface area contributed by atoms with Crippen molar-refractivity contribution in [3.8, 4) is 5.75 Å². The van der Waals surface area contributed by atoms with Crippen LogP contribution in [-0.4, -0.2) is 29.2 Å². The molecular weight excluding hydrogens is 240 g/mol. The van der Waals surface area contributed by atoms with Crippen LogP contribution in [0.3, 0.4) is 0 Å². The smallest absolute Gasteiger partial charge is 0.311 e. The highest BCUT2D eigenvalue weighted by Gasteiger charge is 2.19. The molecular formula is C11H14N2O3S. The Kier molecular flexibility index (Phi) is 3.86. The highest BCUT2D eigenvalue weighted by molar-refractivity contribution is 8.00. The molecule has 1 aromatic rings. The lowest BCUT2D eigenvalue weighted by atomic mass is 10.2. The molecule has 0 radical (unpaired) electrons. The molecule has 1 fully saturated rings. The number of nitro groups is 1. The van der Waals surface area contributed by atoms with E-state index in [4.69, 9.17) is 4.74 Å². The number of nitro benzene ring substituents is 1. The molecule has 2 rings (SSSR count). The van der Waals surface area contributed by atoms with E-state index in [2.05, 4.69) is 5.32 Å². The first-order valence-corrected chi connectivity index (χ1v) is 6.44. The summed E-state index contributed by atoms with van der Waals surface area (Å²) in [5, 5.41) is 14.4. The Morgan fingerprint density at radius 3 is 3.12 bits per heavy atom. The van der Waals surface area contributed by atoms with E-state index in [0.717, 1.165) is 17.9 Å². The van der Waals surface area contributed by atoms with Crippen LogP contribution in [-0.2, 0) is 0 Å². The zero-order chi connectivity index (χ0) is 12.3. The summed E-state index contributed by atoms with van der Waals surface area (Å²) in [6.07, 6.45) is 0. The van der Waals surface area contributed by atoms with Gasteiger partial charge in [0.05, 0.1) is 10.3 Å². The quantitative estimate of drug-likeness (QED) is 0.657. The van der Waals surface area contributed by atoms with Gasteiger partial charge in [-0.3, -0.25) is 10.1 Å². The minimum atomic E-state index is -0.405. The summed E-state index contributed by atoms with van der Waals surface area (Å²) in [7, 11) is 0. The molecule has 1 heterocycles. The number of nitrogens with one attached hydrogen (secondary N) is 1. The van der Waals surface area contributed by atoms with Crippen LogP contribution in [0.15, 0.2) is 18.2 Å². The van der Waals surface area contributed by atoms with Crippen molar-refractivity contribution in [1.29, 1.82) is 0 Å². The van der Waals surface area contributed by atoms with Gasteiger partial charge in [-0.15, -0.1) is 11.8 Å². The second kappa shape index (κ2) is 5.37. The van der Waals surface area contributed by atoms with Gasteiger partial charge in [-0.05, 0) is 18.6 Å². The summed E-state index contributed by atoms with van der Waals surface area (Å²) in [4.78, 5) is 10.5. The molecule has 92 valence electrons. The number of hydrogen-bond donors (Lipinski definition) is 1. The van der Waals surface area contributed by atoms with Gasteiger partial charge in [0.2, 0.25) is 0 Å². The van der Waals surface area contributed by atoms with Crippen molar-refractivity contribution in [2.75, 3.05) is 18.9 Å². The van der Waals surface area contributed by atoms with Crippen molar-refractivity contribution in [1.82, 2.24) is 5.32 Å². The number of thioether (sulfide) groups is 1. The van der Waals surface area contributed by atoms with Crippen LogP contribution in [0.4, 0.5) is 5.69 Å². The second-order valence-corrected chi connectivity index (χ2v) is 5.16. The van der Waals surface area contributed by atoms with Crippen molar-refractivity contribution >= 4 is 17.4 Å². The highest BCUT2D eigenvalue weighted by atomic mass is 32.2. The topological polar surface area (TPSA) is 64.4 Å². The molecule has 0 amide bonds. The van der Waals surface area contributed by atoms with E-state index in [-0.39, 0.29) is 11.1 Å². The van der Waals surface area contributed by atoms with Crippen molar-refractivity contribution in [3.63, 3.8) is 0 Å². The van der Waals surface area contributed by atoms with Crippen LogP contribution in [0.1, 0.15) is 5.56 Å². The van der Waals surface area contributed by atoms with Gasteiger partial charge in [0.25, 0.3) is 0 Å². The standard InChI is InChI=1S/C11H14N2O3S/c1-8-2-3-10(9(6-8)13(14)15)16-7-11-12-4-5-17-11/h2-3,6,11-12H,4-5,7H2,1H3/t11-/m0/s1. The maximum Gasteiger partial charge on any atom is 0.311 e. The fourth-order valence-electron chi connectivity index (χ4n) is 1.64. The number of hydrogen-bond acceptors (Lipinski definition) is 5. The van der Waals surface area contributed by atoms with Gasteiger partial charge < -0.3 is 10.1 Å². The van der Waals surface area contributed by atoms with Crippen LogP contribution in [0.25, 0.3) is 0 Å². The zero-order valence-electron chi connectivity index (χ0n) is 9.51. The predicted octanol–water partition coefficient (Wildman–Crippen LogP) is 1.94. The van der Waals surface area contributed by atoms with Gasteiger partial charge in [-0.2, -0.15) is 0 Å². The molecule has 0 aliphatic carbocycles. The SMILES string of the molecule is Cc1ccc(OC[C@H]2NCCS2)c([N+](=O)[O-])c1. The van der Waals surface area contributed by atoms with Crippen molar-refractivity contribution in [3.05, 3.63) is 33.9 Å². The molecule has 0 aromatic heterocycles. The Bertz CT molecular complexity index is 419. The highest BCUT2D eigenvalue weighted by Crippen LogP contribution is 2.28. The zero-order valence-corrected chi connectivity index (χ0v) is 10.3. The summed E-state index contributed by atoms with van der Waals surface area (Å²) in [5.74, 6) is 1.40. The van der Waals surface area contributed by atoms with Crippen molar-refractivity contribution in [2.24, 2.45) is 0 Å². The largest absolute Gasteiger partial charge is 0.484 e. The van der Waals surface area contributed by atoms with E-state index in [1.807, 2.05) is 13.0 Å². The molecule has 6 heteroatoms. The summed E-state index contributed by atoms with van der Waals surface area (Å²) >= 11 is 1.77. The minimum Gasteiger partial charge on any atom is -0.484 e. The van der Waals surface area contributed by atoms with Gasteiger partial charge in [0, 0.05) is 18.4 Å². The fraction of sp³-hybridized carbons (Fsp3) is 0.455. The Morgan fingerprint density at radius 2 is 2.47 bits per heavy atom. The molecule has 0 saturated carbocycles. The van der Waals surface area contributed by atoms with Gasteiger partial charge in [-0.1, -0.05) is 6.07 Å². The third kappa shape index (κ3) is 3.10. The Labute approximate surface area is 104 Å². The third-order valence-electron chi connectivity index (χ3n) is 2.49.